The summed E-state index contributed by atoms with van der Waals surface area (Å²) < 4.78 is 0. The van der Waals surface area contributed by atoms with E-state index in [1.54, 1.807) is 11.8 Å². The average molecular weight is 376 g/mol. The van der Waals surface area contributed by atoms with Gasteiger partial charge in [0.05, 0.1) is 11.6 Å². The van der Waals surface area contributed by atoms with Gasteiger partial charge in [0.1, 0.15) is 0 Å². The number of benzene rings is 1. The maximum absolute atomic E-state index is 13.0. The molecule has 1 aliphatic carbocycles. The Morgan fingerprint density at radius 2 is 1.73 bits per heavy atom. The molecule has 0 aromatic heterocycles. The molecule has 2 fully saturated rings. The fourth-order valence-electron chi connectivity index (χ4n) is 3.20. The van der Waals surface area contributed by atoms with Crippen LogP contribution in [0.2, 0.25) is 0 Å². The van der Waals surface area contributed by atoms with Crippen LogP contribution in [0.15, 0.2) is 29.2 Å². The van der Waals surface area contributed by atoms with Gasteiger partial charge in [0.25, 0.3) is 5.91 Å². The molecule has 2 aliphatic rings. The van der Waals surface area contributed by atoms with Gasteiger partial charge in [-0.25, -0.2) is 0 Å². The molecule has 1 aromatic carbocycles. The van der Waals surface area contributed by atoms with Crippen molar-refractivity contribution in [2.24, 2.45) is 0 Å². The standard InChI is InChI=1S/C20H29N3O2S/c1-14(2)26-18-7-5-4-6-17(18)20(25)23-12-10-22(11-13-23)15(3)19(24)21-16-8-9-16/h4-7,14-16H,8-13H2,1-3H3,(H,21,24). The second kappa shape index (κ2) is 8.44. The van der Waals surface area contributed by atoms with Gasteiger partial charge in [-0.1, -0.05) is 26.0 Å². The highest BCUT2D eigenvalue weighted by molar-refractivity contribution is 8.00. The Labute approximate surface area is 160 Å². The summed E-state index contributed by atoms with van der Waals surface area (Å²) >= 11 is 1.73. The highest BCUT2D eigenvalue weighted by Gasteiger charge is 2.31. The number of carbonyl (C=O) groups is 2. The minimum atomic E-state index is -0.128. The zero-order chi connectivity index (χ0) is 18.7. The van der Waals surface area contributed by atoms with Gasteiger partial charge >= 0.3 is 0 Å². The third-order valence-electron chi connectivity index (χ3n) is 4.93. The van der Waals surface area contributed by atoms with E-state index >= 15 is 0 Å². The van der Waals surface area contributed by atoms with Crippen LogP contribution >= 0.6 is 11.8 Å². The van der Waals surface area contributed by atoms with Gasteiger partial charge in [-0.3, -0.25) is 14.5 Å². The molecule has 1 N–H and O–H groups in total. The summed E-state index contributed by atoms with van der Waals surface area (Å²) in [6, 6.07) is 8.13. The van der Waals surface area contributed by atoms with Crippen molar-refractivity contribution in [3.05, 3.63) is 29.8 Å². The Bertz CT molecular complexity index is 652. The summed E-state index contributed by atoms with van der Waals surface area (Å²) in [6.45, 7) is 9.05. The van der Waals surface area contributed by atoms with Gasteiger partial charge in [-0.05, 0) is 31.9 Å². The first-order chi connectivity index (χ1) is 12.5. The van der Waals surface area contributed by atoms with Crippen molar-refractivity contribution < 1.29 is 9.59 Å². The number of nitrogens with zero attached hydrogens (tertiary/aromatic N) is 2. The minimum Gasteiger partial charge on any atom is -0.352 e. The van der Waals surface area contributed by atoms with Crippen molar-refractivity contribution in [3.63, 3.8) is 0 Å². The quantitative estimate of drug-likeness (QED) is 0.777. The van der Waals surface area contributed by atoms with Crippen LogP contribution in [0.1, 0.15) is 44.0 Å². The van der Waals surface area contributed by atoms with Crippen LogP contribution in [0.25, 0.3) is 0 Å². The van der Waals surface area contributed by atoms with Crippen LogP contribution in [0.4, 0.5) is 0 Å². The molecule has 6 heteroatoms. The van der Waals surface area contributed by atoms with Gasteiger partial charge in [0.2, 0.25) is 5.91 Å². The lowest BCUT2D eigenvalue weighted by Gasteiger charge is -2.37. The largest absolute Gasteiger partial charge is 0.352 e. The Hall–Kier alpha value is -1.53. The molecule has 1 saturated carbocycles. The number of rotatable bonds is 6. The fraction of sp³-hybridized carbons (Fsp3) is 0.600. The number of hydrogen-bond acceptors (Lipinski definition) is 4. The highest BCUT2D eigenvalue weighted by atomic mass is 32.2. The molecular weight excluding hydrogens is 346 g/mol. The third kappa shape index (κ3) is 4.80. The Morgan fingerprint density at radius 3 is 2.35 bits per heavy atom. The summed E-state index contributed by atoms with van der Waals surface area (Å²) in [7, 11) is 0. The molecule has 1 aliphatic heterocycles. The molecule has 1 unspecified atom stereocenters. The molecule has 0 spiro atoms. The normalized spacial score (nSPS) is 19.5. The van der Waals surface area contributed by atoms with Gasteiger partial charge in [-0.2, -0.15) is 0 Å². The van der Waals surface area contributed by atoms with E-state index < -0.39 is 0 Å². The second-order valence-corrected chi connectivity index (χ2v) is 9.07. The van der Waals surface area contributed by atoms with Gasteiger partial charge in [-0.15, -0.1) is 11.8 Å². The van der Waals surface area contributed by atoms with Gasteiger partial charge in [0, 0.05) is 42.4 Å². The van der Waals surface area contributed by atoms with E-state index in [-0.39, 0.29) is 17.9 Å². The van der Waals surface area contributed by atoms with E-state index in [1.165, 1.54) is 0 Å². The SMILES string of the molecule is CC(C)Sc1ccccc1C(=O)N1CCN(C(C)C(=O)NC2CC2)CC1. The highest BCUT2D eigenvalue weighted by Crippen LogP contribution is 2.27. The van der Waals surface area contributed by atoms with E-state index in [0.29, 0.717) is 24.4 Å². The molecule has 1 heterocycles. The van der Waals surface area contributed by atoms with Crippen LogP contribution in [0.5, 0.6) is 0 Å². The predicted molar refractivity (Wildman–Crippen MR) is 106 cm³/mol. The first-order valence-electron chi connectivity index (χ1n) is 9.55. The molecule has 142 valence electrons. The summed E-state index contributed by atoms with van der Waals surface area (Å²) in [5, 5.41) is 3.51. The zero-order valence-electron chi connectivity index (χ0n) is 15.9. The minimum absolute atomic E-state index is 0.100. The van der Waals surface area contributed by atoms with E-state index in [9.17, 15) is 9.59 Å². The first kappa shape index (κ1) is 19.2. The smallest absolute Gasteiger partial charge is 0.255 e. The molecule has 0 bridgehead atoms. The van der Waals surface area contributed by atoms with Crippen molar-refractivity contribution in [1.82, 2.24) is 15.1 Å². The van der Waals surface area contributed by atoms with Gasteiger partial charge in [0.15, 0.2) is 0 Å². The van der Waals surface area contributed by atoms with Crippen LogP contribution in [-0.2, 0) is 4.79 Å². The molecular formula is C20H29N3O2S. The van der Waals surface area contributed by atoms with E-state index in [4.69, 9.17) is 0 Å². The molecule has 0 radical (unpaired) electrons. The molecule has 2 amide bonds. The molecule has 3 rings (SSSR count). The number of amides is 2. The van der Waals surface area contributed by atoms with Crippen LogP contribution in [0, 0.1) is 0 Å². The lowest BCUT2D eigenvalue weighted by atomic mass is 10.1. The maximum Gasteiger partial charge on any atom is 0.255 e. The summed E-state index contributed by atoms with van der Waals surface area (Å²) in [5.41, 5.74) is 0.791. The van der Waals surface area contributed by atoms with E-state index in [2.05, 4.69) is 24.1 Å². The molecule has 5 nitrogen and oxygen atoms in total. The van der Waals surface area contributed by atoms with Crippen molar-refractivity contribution in [2.45, 2.75) is 55.8 Å². The number of hydrogen-bond donors (Lipinski definition) is 1. The first-order valence-corrected chi connectivity index (χ1v) is 10.4. The van der Waals surface area contributed by atoms with Crippen molar-refractivity contribution >= 4 is 23.6 Å². The maximum atomic E-state index is 13.0. The summed E-state index contributed by atoms with van der Waals surface area (Å²) in [6.07, 6.45) is 2.21. The Kier molecular flexibility index (Phi) is 6.24. The predicted octanol–water partition coefficient (Wildman–Crippen LogP) is 2.61. The van der Waals surface area contributed by atoms with Crippen LogP contribution in [-0.4, -0.2) is 65.1 Å². The molecule has 26 heavy (non-hydrogen) atoms. The van der Waals surface area contributed by atoms with Crippen LogP contribution in [0.3, 0.4) is 0 Å². The van der Waals surface area contributed by atoms with Crippen molar-refractivity contribution in [2.75, 3.05) is 26.2 Å². The van der Waals surface area contributed by atoms with Crippen molar-refractivity contribution in [3.8, 4) is 0 Å². The number of piperazine rings is 1. The Morgan fingerprint density at radius 1 is 1.08 bits per heavy atom. The average Bonchev–Trinajstić information content (AvgIpc) is 3.44. The second-order valence-electron chi connectivity index (χ2n) is 7.45. The number of carbonyl (C=O) groups excluding carboxylic acids is 2. The summed E-state index contributed by atoms with van der Waals surface area (Å²) in [4.78, 5) is 30.4. The lowest BCUT2D eigenvalue weighted by Crippen LogP contribution is -2.55. The number of nitrogens with one attached hydrogen (secondary N) is 1. The fourth-order valence-corrected chi connectivity index (χ4v) is 4.15. The molecule has 1 atom stereocenters. The van der Waals surface area contributed by atoms with Gasteiger partial charge < -0.3 is 10.2 Å². The van der Waals surface area contributed by atoms with E-state index in [1.807, 2.05) is 36.1 Å². The zero-order valence-corrected chi connectivity index (χ0v) is 16.7. The molecule has 1 aromatic rings. The van der Waals surface area contributed by atoms with Crippen molar-refractivity contribution in [1.29, 1.82) is 0 Å². The number of thioether (sulfide) groups is 1. The lowest BCUT2D eigenvalue weighted by molar-refractivity contribution is -0.126. The van der Waals surface area contributed by atoms with Crippen LogP contribution < -0.4 is 5.32 Å². The monoisotopic (exact) mass is 375 g/mol. The topological polar surface area (TPSA) is 52.7 Å². The van der Waals surface area contributed by atoms with E-state index in [0.717, 1.165) is 36.4 Å². The molecule has 1 saturated heterocycles. The Balaban J connectivity index is 1.57. The summed E-state index contributed by atoms with van der Waals surface area (Å²) in [5.74, 6) is 0.217. The third-order valence-corrected chi connectivity index (χ3v) is 6.01.